The van der Waals surface area contributed by atoms with Crippen LogP contribution < -0.4 is 0 Å². The summed E-state index contributed by atoms with van der Waals surface area (Å²) in [4.78, 5) is 18.8. The van der Waals surface area contributed by atoms with Crippen LogP contribution in [0.1, 0.15) is 4.88 Å². The lowest BCUT2D eigenvalue weighted by Crippen LogP contribution is -2.49. The Labute approximate surface area is 141 Å². The third-order valence-corrected chi connectivity index (χ3v) is 6.17. The molecule has 4 rings (SSSR count). The predicted octanol–water partition coefficient (Wildman–Crippen LogP) is 1.30. The zero-order valence-electron chi connectivity index (χ0n) is 13.4. The van der Waals surface area contributed by atoms with Gasteiger partial charge in [-0.1, -0.05) is 6.07 Å². The Hall–Kier alpha value is -0.950. The number of carbonyl (C=O) groups excluding carboxylic acids is 1. The van der Waals surface area contributed by atoms with Crippen molar-refractivity contribution in [2.75, 3.05) is 52.6 Å². The van der Waals surface area contributed by atoms with Crippen molar-refractivity contribution in [2.45, 2.75) is 6.54 Å². The van der Waals surface area contributed by atoms with Gasteiger partial charge in [-0.25, -0.2) is 0 Å². The summed E-state index contributed by atoms with van der Waals surface area (Å²) < 4.78 is 11.2. The molecule has 3 aliphatic rings. The fraction of sp³-hybridized carbons (Fsp3) is 0.706. The molecule has 1 amide bonds. The summed E-state index contributed by atoms with van der Waals surface area (Å²) in [6.07, 6.45) is 0. The van der Waals surface area contributed by atoms with Crippen LogP contribution in [0.25, 0.3) is 0 Å². The van der Waals surface area contributed by atoms with Crippen molar-refractivity contribution in [1.29, 1.82) is 0 Å². The van der Waals surface area contributed by atoms with Gasteiger partial charge in [0.25, 0.3) is 0 Å². The fourth-order valence-electron chi connectivity index (χ4n) is 4.12. The van der Waals surface area contributed by atoms with Crippen LogP contribution in [0.5, 0.6) is 0 Å². The average molecular weight is 336 g/mol. The molecule has 3 aliphatic heterocycles. The molecule has 0 unspecified atom stereocenters. The fourth-order valence-corrected chi connectivity index (χ4v) is 4.86. The Morgan fingerprint density at radius 1 is 1.22 bits per heavy atom. The van der Waals surface area contributed by atoms with E-state index in [-0.39, 0.29) is 11.8 Å². The Morgan fingerprint density at radius 2 is 2.09 bits per heavy atom. The van der Waals surface area contributed by atoms with Gasteiger partial charge in [0.15, 0.2) is 0 Å². The molecule has 23 heavy (non-hydrogen) atoms. The highest BCUT2D eigenvalue weighted by Gasteiger charge is 2.45. The van der Waals surface area contributed by atoms with E-state index in [0.717, 1.165) is 39.3 Å². The second kappa shape index (κ2) is 6.89. The Bertz CT molecular complexity index is 530. The molecule has 0 saturated carbocycles. The first-order valence-corrected chi connectivity index (χ1v) is 9.38. The zero-order valence-corrected chi connectivity index (χ0v) is 14.2. The van der Waals surface area contributed by atoms with E-state index in [1.807, 2.05) is 16.2 Å². The number of rotatable bonds is 3. The monoisotopic (exact) mass is 336 g/mol. The van der Waals surface area contributed by atoms with Crippen LogP contribution in [-0.4, -0.2) is 68.3 Å². The molecule has 126 valence electrons. The van der Waals surface area contributed by atoms with Crippen LogP contribution in [0.2, 0.25) is 0 Å². The summed E-state index contributed by atoms with van der Waals surface area (Å²) >= 11 is 1.81. The molecule has 3 saturated heterocycles. The number of likely N-dealkylation sites (tertiary alicyclic amines) is 1. The molecule has 3 atom stereocenters. The first kappa shape index (κ1) is 15.6. The van der Waals surface area contributed by atoms with E-state index in [9.17, 15) is 4.79 Å². The number of hydrogen-bond acceptors (Lipinski definition) is 5. The second-order valence-corrected chi connectivity index (χ2v) is 7.81. The van der Waals surface area contributed by atoms with E-state index in [0.29, 0.717) is 31.7 Å². The molecule has 0 radical (unpaired) electrons. The lowest BCUT2D eigenvalue weighted by Gasteiger charge is -2.36. The van der Waals surface area contributed by atoms with E-state index in [1.54, 1.807) is 0 Å². The van der Waals surface area contributed by atoms with Gasteiger partial charge in [0.2, 0.25) is 5.91 Å². The molecule has 3 fully saturated rings. The van der Waals surface area contributed by atoms with Gasteiger partial charge in [-0.15, -0.1) is 11.3 Å². The highest BCUT2D eigenvalue weighted by molar-refractivity contribution is 7.09. The first-order chi connectivity index (χ1) is 11.3. The molecule has 0 bridgehead atoms. The molecule has 5 nitrogen and oxygen atoms in total. The number of carbonyl (C=O) groups is 1. The third-order valence-electron chi connectivity index (χ3n) is 5.31. The van der Waals surface area contributed by atoms with E-state index in [1.165, 1.54) is 4.88 Å². The van der Waals surface area contributed by atoms with E-state index < -0.39 is 0 Å². The quantitative estimate of drug-likeness (QED) is 0.834. The summed E-state index contributed by atoms with van der Waals surface area (Å²) in [5.41, 5.74) is 0. The van der Waals surface area contributed by atoms with Gasteiger partial charge in [0.1, 0.15) is 0 Å². The number of thiophene rings is 1. The molecule has 0 aromatic carbocycles. The van der Waals surface area contributed by atoms with Gasteiger partial charge in [0, 0.05) is 37.6 Å². The Kier molecular flexibility index (Phi) is 4.66. The molecule has 1 aromatic rings. The summed E-state index contributed by atoms with van der Waals surface area (Å²) in [6, 6.07) is 4.30. The standard InChI is InChI=1S/C17H24N2O3S/c20-17(19-3-5-21-6-4-19)16-12-22-11-13-8-18(10-15(13)16)9-14-2-1-7-23-14/h1-2,7,13,15-16H,3-6,8-12H2/t13-,15-,16+/m1/s1. The van der Waals surface area contributed by atoms with Gasteiger partial charge >= 0.3 is 0 Å². The van der Waals surface area contributed by atoms with Crippen molar-refractivity contribution >= 4 is 17.2 Å². The van der Waals surface area contributed by atoms with Crippen molar-refractivity contribution in [3.05, 3.63) is 22.4 Å². The summed E-state index contributed by atoms with van der Waals surface area (Å²) in [6.45, 7) is 7.25. The van der Waals surface area contributed by atoms with Gasteiger partial charge < -0.3 is 14.4 Å². The van der Waals surface area contributed by atoms with Crippen molar-refractivity contribution in [3.63, 3.8) is 0 Å². The molecular weight excluding hydrogens is 312 g/mol. The highest BCUT2D eigenvalue weighted by atomic mass is 32.1. The lowest BCUT2D eigenvalue weighted by molar-refractivity contribution is -0.148. The number of fused-ring (bicyclic) bond motifs is 1. The number of amides is 1. The van der Waals surface area contributed by atoms with Crippen LogP contribution in [0.15, 0.2) is 17.5 Å². The van der Waals surface area contributed by atoms with Crippen molar-refractivity contribution < 1.29 is 14.3 Å². The number of nitrogens with zero attached hydrogens (tertiary/aromatic N) is 2. The third kappa shape index (κ3) is 3.31. The maximum atomic E-state index is 12.9. The van der Waals surface area contributed by atoms with Gasteiger partial charge in [-0.05, 0) is 23.3 Å². The van der Waals surface area contributed by atoms with Crippen molar-refractivity contribution in [1.82, 2.24) is 9.80 Å². The highest BCUT2D eigenvalue weighted by Crippen LogP contribution is 2.36. The normalized spacial score (nSPS) is 32.0. The zero-order chi connectivity index (χ0) is 15.6. The number of hydrogen-bond donors (Lipinski definition) is 0. The van der Waals surface area contributed by atoms with E-state index in [2.05, 4.69) is 22.4 Å². The van der Waals surface area contributed by atoms with E-state index >= 15 is 0 Å². The SMILES string of the molecule is O=C([C@H]1COC[C@H]2CN(Cc3cccs3)C[C@H]21)N1CCOCC1. The molecule has 4 heterocycles. The molecular formula is C17H24N2O3S. The van der Waals surface area contributed by atoms with Gasteiger partial charge in [-0.2, -0.15) is 0 Å². The topological polar surface area (TPSA) is 42.0 Å². The lowest BCUT2D eigenvalue weighted by atomic mass is 9.82. The second-order valence-electron chi connectivity index (χ2n) is 6.78. The maximum Gasteiger partial charge on any atom is 0.228 e. The number of ether oxygens (including phenoxy) is 2. The summed E-state index contributed by atoms with van der Waals surface area (Å²) in [7, 11) is 0. The van der Waals surface area contributed by atoms with Gasteiger partial charge in [0.05, 0.1) is 32.3 Å². The summed E-state index contributed by atoms with van der Waals surface area (Å²) in [5.74, 6) is 1.25. The first-order valence-electron chi connectivity index (χ1n) is 8.50. The van der Waals surface area contributed by atoms with Crippen LogP contribution in [0.3, 0.4) is 0 Å². The van der Waals surface area contributed by atoms with Crippen molar-refractivity contribution in [2.24, 2.45) is 17.8 Å². The Balaban J connectivity index is 1.41. The Morgan fingerprint density at radius 3 is 2.87 bits per heavy atom. The average Bonchev–Trinajstić information content (AvgIpc) is 3.24. The molecule has 1 aromatic heterocycles. The summed E-state index contributed by atoms with van der Waals surface area (Å²) in [5, 5.41) is 2.13. The minimum Gasteiger partial charge on any atom is -0.380 e. The molecule has 0 aliphatic carbocycles. The molecule has 0 spiro atoms. The predicted molar refractivity (Wildman–Crippen MR) is 88.3 cm³/mol. The van der Waals surface area contributed by atoms with Crippen LogP contribution in [0, 0.1) is 17.8 Å². The van der Waals surface area contributed by atoms with Crippen molar-refractivity contribution in [3.8, 4) is 0 Å². The minimum absolute atomic E-state index is 0.0279. The van der Waals surface area contributed by atoms with Crippen LogP contribution in [0.4, 0.5) is 0 Å². The van der Waals surface area contributed by atoms with Gasteiger partial charge in [-0.3, -0.25) is 9.69 Å². The molecule has 0 N–H and O–H groups in total. The number of morpholine rings is 1. The minimum atomic E-state index is 0.0279. The van der Waals surface area contributed by atoms with Crippen LogP contribution in [-0.2, 0) is 20.8 Å². The smallest absolute Gasteiger partial charge is 0.228 e. The van der Waals surface area contributed by atoms with E-state index in [4.69, 9.17) is 9.47 Å². The maximum absolute atomic E-state index is 12.9. The largest absolute Gasteiger partial charge is 0.380 e. The molecule has 6 heteroatoms. The van der Waals surface area contributed by atoms with Crippen LogP contribution >= 0.6 is 11.3 Å².